The molecule has 0 bridgehead atoms. The average Bonchev–Trinajstić information content (AvgIpc) is 2.41. The second kappa shape index (κ2) is 5.78. The van der Waals surface area contributed by atoms with E-state index in [1.165, 1.54) is 6.33 Å². The number of halogens is 2. The van der Waals surface area contributed by atoms with Crippen LogP contribution >= 0.6 is 27.5 Å². The fourth-order valence-corrected chi connectivity index (χ4v) is 2.05. The molecular formula is C12H6BrClN4O. The molecule has 5 nitrogen and oxygen atoms in total. The monoisotopic (exact) mass is 336 g/mol. The Morgan fingerprint density at radius 3 is 2.84 bits per heavy atom. The fraction of sp³-hybridized carbons (Fsp3) is 0. The van der Waals surface area contributed by atoms with E-state index in [0.717, 1.165) is 0 Å². The van der Waals surface area contributed by atoms with Gasteiger partial charge in [0.15, 0.2) is 6.29 Å². The van der Waals surface area contributed by atoms with Gasteiger partial charge in [-0.25, -0.2) is 9.97 Å². The average molecular weight is 338 g/mol. The molecule has 0 spiro atoms. The van der Waals surface area contributed by atoms with Crippen molar-refractivity contribution >= 4 is 45.3 Å². The normalized spacial score (nSPS) is 9.74. The molecule has 1 aromatic heterocycles. The summed E-state index contributed by atoms with van der Waals surface area (Å²) in [6, 6.07) is 7.04. The predicted octanol–water partition coefficient (Wildman–Crippen LogP) is 3.32. The Bertz CT molecular complexity index is 684. The van der Waals surface area contributed by atoms with E-state index in [1.54, 1.807) is 18.2 Å². The maximum absolute atomic E-state index is 11.0. The topological polar surface area (TPSA) is 78.7 Å². The van der Waals surface area contributed by atoms with E-state index in [1.807, 2.05) is 6.07 Å². The highest BCUT2D eigenvalue weighted by atomic mass is 79.9. The molecule has 0 amide bonds. The molecule has 0 saturated carbocycles. The van der Waals surface area contributed by atoms with E-state index in [2.05, 4.69) is 31.2 Å². The van der Waals surface area contributed by atoms with Gasteiger partial charge in [0.05, 0.1) is 22.9 Å². The smallest absolute Gasteiger partial charge is 0.156 e. The van der Waals surface area contributed by atoms with Crippen molar-refractivity contribution in [1.29, 1.82) is 5.26 Å². The Hall–Kier alpha value is -1.97. The van der Waals surface area contributed by atoms with Crippen molar-refractivity contribution in [3.63, 3.8) is 0 Å². The van der Waals surface area contributed by atoms with E-state index in [0.29, 0.717) is 27.8 Å². The molecule has 7 heteroatoms. The van der Waals surface area contributed by atoms with Crippen molar-refractivity contribution < 1.29 is 4.79 Å². The molecule has 2 aromatic rings. The Kier molecular flexibility index (Phi) is 4.10. The molecule has 0 fully saturated rings. The number of carbonyl (C=O) groups is 1. The second-order valence-corrected chi connectivity index (χ2v) is 4.69. The highest BCUT2D eigenvalue weighted by Crippen LogP contribution is 2.28. The van der Waals surface area contributed by atoms with E-state index < -0.39 is 0 Å². The largest absolute Gasteiger partial charge is 0.339 e. The molecule has 0 radical (unpaired) electrons. The number of aromatic nitrogens is 2. The number of hydrogen-bond donors (Lipinski definition) is 1. The van der Waals surface area contributed by atoms with Gasteiger partial charge in [-0.3, -0.25) is 4.79 Å². The second-order valence-electron chi connectivity index (χ2n) is 3.48. The van der Waals surface area contributed by atoms with Gasteiger partial charge >= 0.3 is 0 Å². The van der Waals surface area contributed by atoms with Gasteiger partial charge in [0.1, 0.15) is 17.3 Å². The summed E-state index contributed by atoms with van der Waals surface area (Å²) in [5, 5.41) is 11.8. The first-order chi connectivity index (χ1) is 9.15. The van der Waals surface area contributed by atoms with Crippen LogP contribution in [-0.4, -0.2) is 16.3 Å². The summed E-state index contributed by atoms with van der Waals surface area (Å²) in [4.78, 5) is 18.7. The summed E-state index contributed by atoms with van der Waals surface area (Å²) < 4.78 is 0.679. The highest BCUT2D eigenvalue weighted by Gasteiger charge is 2.10. The van der Waals surface area contributed by atoms with Crippen LogP contribution in [0.25, 0.3) is 0 Å². The Labute approximate surface area is 122 Å². The summed E-state index contributed by atoms with van der Waals surface area (Å²) >= 11 is 9.14. The lowest BCUT2D eigenvalue weighted by Gasteiger charge is -2.09. The molecule has 2 rings (SSSR count). The quantitative estimate of drug-likeness (QED) is 0.686. The molecule has 94 valence electrons. The van der Waals surface area contributed by atoms with Gasteiger partial charge in [0, 0.05) is 4.47 Å². The number of nitrogens with zero attached hydrogens (tertiary/aromatic N) is 3. The predicted molar refractivity (Wildman–Crippen MR) is 74.6 cm³/mol. The number of benzene rings is 1. The molecule has 1 heterocycles. The Balaban J connectivity index is 2.40. The fourth-order valence-electron chi connectivity index (χ4n) is 1.39. The minimum Gasteiger partial charge on any atom is -0.339 e. The lowest BCUT2D eigenvalue weighted by molar-refractivity contribution is 0.112. The number of nitriles is 1. The van der Waals surface area contributed by atoms with Gasteiger partial charge in [-0.15, -0.1) is 0 Å². The van der Waals surface area contributed by atoms with Crippen LogP contribution in [0.1, 0.15) is 15.9 Å². The maximum atomic E-state index is 11.0. The van der Waals surface area contributed by atoms with Crippen LogP contribution in [0, 0.1) is 11.3 Å². The third-order valence-electron chi connectivity index (χ3n) is 2.30. The highest BCUT2D eigenvalue weighted by molar-refractivity contribution is 9.10. The summed E-state index contributed by atoms with van der Waals surface area (Å²) in [5.41, 5.74) is 1.37. The number of rotatable bonds is 3. The molecule has 0 unspecified atom stereocenters. The third-order valence-corrected chi connectivity index (χ3v) is 3.26. The van der Waals surface area contributed by atoms with E-state index in [4.69, 9.17) is 16.9 Å². The number of aldehydes is 1. The Morgan fingerprint density at radius 2 is 2.21 bits per heavy atom. The molecule has 0 atom stereocenters. The number of carbonyl (C=O) groups excluding carboxylic acids is 1. The molecule has 1 aromatic carbocycles. The number of nitrogens with one attached hydrogen (secondary N) is 1. The standard InChI is InChI=1S/C12H6BrClN4O/c13-9-3-7(4-15)1-2-10(9)18-12-8(5-19)11(14)16-6-17-12/h1-3,5-6H,(H,16,17,18). The van der Waals surface area contributed by atoms with Crippen molar-refractivity contribution in [2.75, 3.05) is 5.32 Å². The van der Waals surface area contributed by atoms with Crippen LogP contribution < -0.4 is 5.32 Å². The van der Waals surface area contributed by atoms with Gasteiger partial charge < -0.3 is 5.32 Å². The van der Waals surface area contributed by atoms with Crippen LogP contribution in [0.5, 0.6) is 0 Å². The summed E-state index contributed by atoms with van der Waals surface area (Å²) in [5.74, 6) is 0.306. The van der Waals surface area contributed by atoms with Crippen LogP contribution in [0.3, 0.4) is 0 Å². The van der Waals surface area contributed by atoms with E-state index in [-0.39, 0.29) is 10.7 Å². The first-order valence-electron chi connectivity index (χ1n) is 5.08. The summed E-state index contributed by atoms with van der Waals surface area (Å²) in [6.07, 6.45) is 1.84. The van der Waals surface area contributed by atoms with Crippen molar-refractivity contribution in [2.45, 2.75) is 0 Å². The van der Waals surface area contributed by atoms with Gasteiger partial charge in [0.25, 0.3) is 0 Å². The van der Waals surface area contributed by atoms with Crippen molar-refractivity contribution in [2.24, 2.45) is 0 Å². The number of hydrogen-bond acceptors (Lipinski definition) is 5. The van der Waals surface area contributed by atoms with Crippen LogP contribution in [0.15, 0.2) is 29.0 Å². The summed E-state index contributed by atoms with van der Waals surface area (Å²) in [7, 11) is 0. The molecule has 1 N–H and O–H groups in total. The maximum Gasteiger partial charge on any atom is 0.156 e. The minimum absolute atomic E-state index is 0.0808. The molecular weight excluding hydrogens is 332 g/mol. The zero-order valence-corrected chi connectivity index (χ0v) is 11.7. The van der Waals surface area contributed by atoms with Crippen molar-refractivity contribution in [1.82, 2.24) is 9.97 Å². The van der Waals surface area contributed by atoms with E-state index in [9.17, 15) is 4.79 Å². The van der Waals surface area contributed by atoms with Gasteiger partial charge in [-0.1, -0.05) is 11.6 Å². The molecule has 19 heavy (non-hydrogen) atoms. The lowest BCUT2D eigenvalue weighted by Crippen LogP contribution is -2.01. The van der Waals surface area contributed by atoms with Gasteiger partial charge in [-0.05, 0) is 34.1 Å². The van der Waals surface area contributed by atoms with Crippen LogP contribution in [-0.2, 0) is 0 Å². The SMILES string of the molecule is N#Cc1ccc(Nc2ncnc(Cl)c2C=O)c(Br)c1. The van der Waals surface area contributed by atoms with Gasteiger partial charge in [-0.2, -0.15) is 5.26 Å². The first kappa shape index (κ1) is 13.5. The molecule has 0 saturated heterocycles. The molecule has 0 aliphatic carbocycles. The van der Waals surface area contributed by atoms with Crippen molar-refractivity contribution in [3.05, 3.63) is 45.3 Å². The van der Waals surface area contributed by atoms with Crippen LogP contribution in [0.2, 0.25) is 5.15 Å². The van der Waals surface area contributed by atoms with Crippen molar-refractivity contribution in [3.8, 4) is 6.07 Å². The molecule has 0 aliphatic heterocycles. The van der Waals surface area contributed by atoms with E-state index >= 15 is 0 Å². The first-order valence-corrected chi connectivity index (χ1v) is 6.25. The molecule has 0 aliphatic rings. The summed E-state index contributed by atoms with van der Waals surface area (Å²) in [6.45, 7) is 0. The van der Waals surface area contributed by atoms with Crippen LogP contribution in [0.4, 0.5) is 11.5 Å². The zero-order chi connectivity index (χ0) is 13.8. The lowest BCUT2D eigenvalue weighted by atomic mass is 10.2. The number of anilines is 2. The third kappa shape index (κ3) is 2.89. The minimum atomic E-state index is 0.0808. The zero-order valence-electron chi connectivity index (χ0n) is 9.39. The Morgan fingerprint density at radius 1 is 1.42 bits per heavy atom. The van der Waals surface area contributed by atoms with Gasteiger partial charge in [0.2, 0.25) is 0 Å².